The molecule has 0 aliphatic rings. The van der Waals surface area contributed by atoms with Gasteiger partial charge in [-0.2, -0.15) is 0 Å². The minimum absolute atomic E-state index is 0.0187. The van der Waals surface area contributed by atoms with Crippen molar-refractivity contribution in [3.8, 4) is 0 Å². The summed E-state index contributed by atoms with van der Waals surface area (Å²) in [4.78, 5) is 16.9. The minimum Gasteiger partial charge on any atom is -0.309 e. The van der Waals surface area contributed by atoms with Crippen molar-refractivity contribution in [2.75, 3.05) is 7.05 Å². The van der Waals surface area contributed by atoms with Crippen molar-refractivity contribution in [2.24, 2.45) is 0 Å². The van der Waals surface area contributed by atoms with E-state index in [2.05, 4.69) is 21.4 Å². The first-order valence-electron chi connectivity index (χ1n) is 6.73. The van der Waals surface area contributed by atoms with Crippen LogP contribution in [0.15, 0.2) is 41.2 Å². The number of H-pyrrole nitrogens is 2. The monoisotopic (exact) mass is 301 g/mol. The summed E-state index contributed by atoms with van der Waals surface area (Å²) in [6, 6.07) is 11.9. The van der Waals surface area contributed by atoms with Gasteiger partial charge in [0.2, 0.25) is 0 Å². The molecule has 3 N–H and O–H groups in total. The van der Waals surface area contributed by atoms with E-state index in [0.717, 1.165) is 32.7 Å². The molecule has 108 valence electrons. The van der Waals surface area contributed by atoms with E-state index in [4.69, 9.17) is 11.6 Å². The quantitative estimate of drug-likeness (QED) is 0.696. The Morgan fingerprint density at radius 2 is 1.81 bits per heavy atom. The topological polar surface area (TPSA) is 60.7 Å². The molecule has 1 unspecified atom stereocenters. The molecular weight excluding hydrogens is 286 g/mol. The largest absolute Gasteiger partial charge is 0.323 e. The smallest absolute Gasteiger partial charge is 0.309 e. The first kappa shape index (κ1) is 13.9. The summed E-state index contributed by atoms with van der Waals surface area (Å²) < 4.78 is 0. The van der Waals surface area contributed by atoms with E-state index in [1.165, 1.54) is 0 Å². The number of aromatic amines is 2. The van der Waals surface area contributed by atoms with E-state index in [9.17, 15) is 4.79 Å². The lowest BCUT2D eigenvalue weighted by Crippen LogP contribution is -2.17. The van der Waals surface area contributed by atoms with Gasteiger partial charge in [0, 0.05) is 5.02 Å². The zero-order chi connectivity index (χ0) is 15.0. The average Bonchev–Trinajstić information content (AvgIpc) is 2.78. The maximum absolute atomic E-state index is 11.4. The van der Waals surface area contributed by atoms with Gasteiger partial charge in [-0.15, -0.1) is 0 Å². The Kier molecular flexibility index (Phi) is 3.57. The lowest BCUT2D eigenvalue weighted by Gasteiger charge is -2.18. The van der Waals surface area contributed by atoms with Gasteiger partial charge in [-0.25, -0.2) is 4.79 Å². The summed E-state index contributed by atoms with van der Waals surface area (Å²) >= 11 is 6.16. The third-order valence-electron chi connectivity index (χ3n) is 3.56. The van der Waals surface area contributed by atoms with Crippen molar-refractivity contribution < 1.29 is 0 Å². The molecule has 0 aliphatic carbocycles. The van der Waals surface area contributed by atoms with Gasteiger partial charge >= 0.3 is 5.69 Å². The SMILES string of the molecule is CNC(c1cc(C)cc(Cl)c1)c1ccc2[nH]c(=O)[nH]c2c1. The van der Waals surface area contributed by atoms with Gasteiger partial charge in [0.1, 0.15) is 0 Å². The van der Waals surface area contributed by atoms with Gasteiger partial charge in [-0.3, -0.25) is 0 Å². The highest BCUT2D eigenvalue weighted by Gasteiger charge is 2.14. The number of benzene rings is 2. The van der Waals surface area contributed by atoms with Crippen LogP contribution in [0.4, 0.5) is 0 Å². The summed E-state index contributed by atoms with van der Waals surface area (Å²) in [5, 5.41) is 4.02. The maximum atomic E-state index is 11.4. The highest BCUT2D eigenvalue weighted by molar-refractivity contribution is 6.30. The summed E-state index contributed by atoms with van der Waals surface area (Å²) in [5.74, 6) is 0. The Labute approximate surface area is 127 Å². The van der Waals surface area contributed by atoms with Gasteiger partial charge in [0.15, 0.2) is 0 Å². The Hall–Kier alpha value is -2.04. The van der Waals surface area contributed by atoms with Crippen LogP contribution >= 0.6 is 11.6 Å². The van der Waals surface area contributed by atoms with Gasteiger partial charge in [0.05, 0.1) is 17.1 Å². The highest BCUT2D eigenvalue weighted by Crippen LogP contribution is 2.27. The van der Waals surface area contributed by atoms with E-state index in [0.29, 0.717) is 0 Å². The molecule has 4 nitrogen and oxygen atoms in total. The molecule has 0 saturated carbocycles. The molecule has 3 rings (SSSR count). The molecule has 0 saturated heterocycles. The molecule has 0 fully saturated rings. The molecule has 1 aromatic heterocycles. The second-order valence-electron chi connectivity index (χ2n) is 5.17. The molecule has 3 aromatic rings. The third kappa shape index (κ3) is 2.73. The molecule has 0 aliphatic heterocycles. The first-order chi connectivity index (χ1) is 10.1. The molecule has 5 heteroatoms. The van der Waals surface area contributed by atoms with Crippen LogP contribution < -0.4 is 11.0 Å². The molecule has 0 spiro atoms. The summed E-state index contributed by atoms with van der Waals surface area (Å²) in [6.07, 6.45) is 0. The van der Waals surface area contributed by atoms with Crippen molar-refractivity contribution in [1.29, 1.82) is 0 Å². The van der Waals surface area contributed by atoms with Crippen molar-refractivity contribution >= 4 is 22.6 Å². The maximum Gasteiger partial charge on any atom is 0.323 e. The predicted molar refractivity (Wildman–Crippen MR) is 86.0 cm³/mol. The van der Waals surface area contributed by atoms with Crippen LogP contribution in [0, 0.1) is 6.92 Å². The number of nitrogens with one attached hydrogen (secondary N) is 3. The zero-order valence-corrected chi connectivity index (χ0v) is 12.6. The predicted octanol–water partition coefficient (Wildman–Crippen LogP) is 3.13. The molecule has 2 aromatic carbocycles. The normalized spacial score (nSPS) is 12.7. The van der Waals surface area contributed by atoms with E-state index in [1.807, 2.05) is 44.3 Å². The Balaban J connectivity index is 2.10. The van der Waals surface area contributed by atoms with Gasteiger partial charge in [-0.1, -0.05) is 23.7 Å². The van der Waals surface area contributed by atoms with Crippen LogP contribution in [0.2, 0.25) is 5.02 Å². The number of rotatable bonds is 3. The second kappa shape index (κ2) is 5.39. The first-order valence-corrected chi connectivity index (χ1v) is 7.11. The van der Waals surface area contributed by atoms with Crippen molar-refractivity contribution in [3.63, 3.8) is 0 Å². The number of hydrogen-bond donors (Lipinski definition) is 3. The van der Waals surface area contributed by atoms with E-state index in [-0.39, 0.29) is 11.7 Å². The second-order valence-corrected chi connectivity index (χ2v) is 5.60. The van der Waals surface area contributed by atoms with Crippen molar-refractivity contribution in [3.05, 3.63) is 68.6 Å². The molecule has 1 atom stereocenters. The van der Waals surface area contributed by atoms with E-state index in [1.54, 1.807) is 0 Å². The number of fused-ring (bicyclic) bond motifs is 1. The van der Waals surface area contributed by atoms with Gasteiger partial charge in [0.25, 0.3) is 0 Å². The zero-order valence-electron chi connectivity index (χ0n) is 11.8. The third-order valence-corrected chi connectivity index (χ3v) is 3.78. The number of imidazole rings is 1. The number of aryl methyl sites for hydroxylation is 1. The fourth-order valence-electron chi connectivity index (χ4n) is 2.69. The van der Waals surface area contributed by atoms with E-state index < -0.39 is 0 Å². The summed E-state index contributed by atoms with van der Waals surface area (Å²) in [5.41, 5.74) is 4.70. The minimum atomic E-state index is -0.193. The molecule has 21 heavy (non-hydrogen) atoms. The molecule has 0 amide bonds. The number of aromatic nitrogens is 2. The fraction of sp³-hybridized carbons (Fsp3) is 0.188. The molecular formula is C16H16ClN3O. The van der Waals surface area contributed by atoms with Crippen LogP contribution in [0.5, 0.6) is 0 Å². The average molecular weight is 302 g/mol. The Morgan fingerprint density at radius 3 is 2.52 bits per heavy atom. The Bertz CT molecular complexity index is 830. The lowest BCUT2D eigenvalue weighted by molar-refractivity contribution is 0.692. The Morgan fingerprint density at radius 1 is 1.05 bits per heavy atom. The van der Waals surface area contributed by atoms with E-state index >= 15 is 0 Å². The van der Waals surface area contributed by atoms with Gasteiger partial charge in [-0.05, 0) is 54.9 Å². The van der Waals surface area contributed by atoms with Crippen LogP contribution in [0.1, 0.15) is 22.7 Å². The van der Waals surface area contributed by atoms with Crippen LogP contribution in [0.25, 0.3) is 11.0 Å². The summed E-state index contributed by atoms with van der Waals surface area (Å²) in [6.45, 7) is 2.02. The van der Waals surface area contributed by atoms with Crippen LogP contribution in [-0.2, 0) is 0 Å². The lowest BCUT2D eigenvalue weighted by atomic mass is 9.97. The van der Waals surface area contributed by atoms with Crippen molar-refractivity contribution in [2.45, 2.75) is 13.0 Å². The standard InChI is InChI=1S/C16H16ClN3O/c1-9-5-11(7-12(17)6-9)15(18-2)10-3-4-13-14(8-10)20-16(21)19-13/h3-8,15,18H,1-2H3,(H2,19,20,21). The number of hydrogen-bond acceptors (Lipinski definition) is 2. The molecule has 1 heterocycles. The highest BCUT2D eigenvalue weighted by atomic mass is 35.5. The summed E-state index contributed by atoms with van der Waals surface area (Å²) in [7, 11) is 1.91. The van der Waals surface area contributed by atoms with Crippen LogP contribution in [0.3, 0.4) is 0 Å². The fourth-order valence-corrected chi connectivity index (χ4v) is 2.98. The van der Waals surface area contributed by atoms with Crippen molar-refractivity contribution in [1.82, 2.24) is 15.3 Å². The van der Waals surface area contributed by atoms with Gasteiger partial charge < -0.3 is 15.3 Å². The molecule has 0 bridgehead atoms. The number of halogens is 1. The molecule has 0 radical (unpaired) electrons. The van der Waals surface area contributed by atoms with Crippen LogP contribution in [-0.4, -0.2) is 17.0 Å².